The van der Waals surface area contributed by atoms with Crippen LogP contribution in [0, 0.1) is 24.0 Å². The van der Waals surface area contributed by atoms with E-state index >= 15 is 0 Å². The van der Waals surface area contributed by atoms with Crippen molar-refractivity contribution in [2.24, 2.45) is 5.73 Å². The van der Waals surface area contributed by atoms with E-state index in [0.717, 1.165) is 18.2 Å². The monoisotopic (exact) mass is 404 g/mol. The lowest BCUT2D eigenvalue weighted by atomic mass is 10.00. The molecule has 5 N–H and O–H groups in total. The maximum atomic E-state index is 14.2. The summed E-state index contributed by atoms with van der Waals surface area (Å²) in [5.74, 6) is -0.264. The minimum Gasteiger partial charge on any atom is -0.492 e. The van der Waals surface area contributed by atoms with E-state index in [2.05, 4.69) is 11.2 Å². The van der Waals surface area contributed by atoms with Gasteiger partial charge in [-0.15, -0.1) is 6.42 Å². The number of nitrogens with one attached hydrogen (secondary N) is 1. The van der Waals surface area contributed by atoms with Gasteiger partial charge in [-0.25, -0.2) is 8.78 Å². The quantitative estimate of drug-likeness (QED) is 0.507. The Hall–Kier alpha value is -3.15. The van der Waals surface area contributed by atoms with Crippen LogP contribution in [-0.2, 0) is 0 Å². The van der Waals surface area contributed by atoms with Crippen molar-refractivity contribution in [3.8, 4) is 18.1 Å². The molecule has 8 heteroatoms. The third-order valence-corrected chi connectivity index (χ3v) is 4.18. The first-order valence-electron chi connectivity index (χ1n) is 8.72. The highest BCUT2D eigenvalue weighted by atomic mass is 19.1. The van der Waals surface area contributed by atoms with E-state index in [1.807, 2.05) is 0 Å². The van der Waals surface area contributed by atoms with Gasteiger partial charge in [-0.1, -0.05) is 5.92 Å². The molecule has 0 fully saturated rings. The summed E-state index contributed by atoms with van der Waals surface area (Å²) in [5.41, 5.74) is 4.05. The van der Waals surface area contributed by atoms with Crippen molar-refractivity contribution in [3.05, 3.63) is 53.1 Å². The maximum Gasteiger partial charge on any atom is 0.254 e. The Morgan fingerprint density at radius 1 is 1.31 bits per heavy atom. The van der Waals surface area contributed by atoms with Crippen LogP contribution in [0.4, 0.5) is 20.2 Å². The van der Waals surface area contributed by atoms with Gasteiger partial charge in [0.1, 0.15) is 22.9 Å². The number of terminal acetylenes is 1. The van der Waals surface area contributed by atoms with Crippen molar-refractivity contribution in [2.45, 2.75) is 32.0 Å². The van der Waals surface area contributed by atoms with Gasteiger partial charge in [0.05, 0.1) is 29.7 Å². The molecule has 2 aromatic rings. The summed E-state index contributed by atoms with van der Waals surface area (Å²) in [5, 5.41) is 22.2. The predicted molar refractivity (Wildman–Crippen MR) is 105 cm³/mol. The summed E-state index contributed by atoms with van der Waals surface area (Å²) in [6.45, 7) is 2.73. The molecule has 0 saturated carbocycles. The van der Waals surface area contributed by atoms with Crippen LogP contribution >= 0.6 is 0 Å². The SMILES string of the molecule is C#Cc1ccc(Nc2cc(F)cc(OCCC(O)C(C)(C)O)c2C(N)=O)c(F)c1. The summed E-state index contributed by atoms with van der Waals surface area (Å²) < 4.78 is 33.7. The lowest BCUT2D eigenvalue weighted by Crippen LogP contribution is -2.36. The van der Waals surface area contributed by atoms with Crippen molar-refractivity contribution in [1.29, 1.82) is 0 Å². The van der Waals surface area contributed by atoms with E-state index in [-0.39, 0.29) is 35.7 Å². The number of hydrogen-bond acceptors (Lipinski definition) is 5. The largest absolute Gasteiger partial charge is 0.492 e. The molecule has 0 aliphatic carbocycles. The van der Waals surface area contributed by atoms with Crippen molar-refractivity contribution in [1.82, 2.24) is 0 Å². The van der Waals surface area contributed by atoms with Crippen LogP contribution in [0.15, 0.2) is 30.3 Å². The van der Waals surface area contributed by atoms with Gasteiger partial charge in [0.25, 0.3) is 5.91 Å². The lowest BCUT2D eigenvalue weighted by Gasteiger charge is -2.24. The van der Waals surface area contributed by atoms with Crippen LogP contribution in [0.5, 0.6) is 5.75 Å². The Bertz CT molecular complexity index is 949. The van der Waals surface area contributed by atoms with Crippen LogP contribution < -0.4 is 15.8 Å². The second kappa shape index (κ2) is 8.90. The highest BCUT2D eigenvalue weighted by Gasteiger charge is 2.25. The molecule has 1 unspecified atom stereocenters. The molecule has 0 aliphatic rings. The molecule has 0 saturated heterocycles. The molecule has 0 spiro atoms. The van der Waals surface area contributed by atoms with Crippen molar-refractivity contribution in [2.75, 3.05) is 11.9 Å². The number of ether oxygens (including phenoxy) is 1. The first-order chi connectivity index (χ1) is 13.5. The van der Waals surface area contributed by atoms with E-state index < -0.39 is 29.2 Å². The normalized spacial score (nSPS) is 12.2. The number of carbonyl (C=O) groups excluding carboxylic acids is 1. The third-order valence-electron chi connectivity index (χ3n) is 4.18. The van der Waals surface area contributed by atoms with Gasteiger partial charge < -0.3 is 26.0 Å². The Labute approximate surface area is 167 Å². The topological polar surface area (TPSA) is 105 Å². The molecule has 29 heavy (non-hydrogen) atoms. The molecule has 6 nitrogen and oxygen atoms in total. The number of halogens is 2. The molecule has 2 aromatic carbocycles. The van der Waals surface area contributed by atoms with Gasteiger partial charge in [0.15, 0.2) is 0 Å². The number of anilines is 2. The van der Waals surface area contributed by atoms with Crippen molar-refractivity contribution >= 4 is 17.3 Å². The zero-order valence-electron chi connectivity index (χ0n) is 16.0. The number of aliphatic hydroxyl groups is 2. The van der Waals surface area contributed by atoms with Gasteiger partial charge in [-0.05, 0) is 38.1 Å². The highest BCUT2D eigenvalue weighted by Crippen LogP contribution is 2.31. The first-order valence-corrected chi connectivity index (χ1v) is 8.72. The number of aliphatic hydroxyl groups excluding tert-OH is 1. The van der Waals surface area contributed by atoms with Crippen molar-refractivity contribution < 1.29 is 28.5 Å². The van der Waals surface area contributed by atoms with E-state index in [1.54, 1.807) is 0 Å². The average molecular weight is 404 g/mol. The number of primary amides is 1. The van der Waals surface area contributed by atoms with Crippen LogP contribution in [0.2, 0.25) is 0 Å². The van der Waals surface area contributed by atoms with Crippen LogP contribution in [0.3, 0.4) is 0 Å². The maximum absolute atomic E-state index is 14.2. The lowest BCUT2D eigenvalue weighted by molar-refractivity contribution is -0.0557. The summed E-state index contributed by atoms with van der Waals surface area (Å²) in [4.78, 5) is 12.0. The molecule has 0 aromatic heterocycles. The standard InChI is InChI=1S/C21H22F2N2O4/c1-4-12-5-6-15(14(23)9-12)25-16-10-13(22)11-17(19(16)20(24)27)29-8-7-18(26)21(2,3)28/h1,5-6,9-11,18,25-26,28H,7-8H2,2-3H3,(H2,24,27). The Morgan fingerprint density at radius 2 is 2.00 bits per heavy atom. The zero-order valence-corrected chi connectivity index (χ0v) is 16.0. The molecule has 1 atom stereocenters. The fourth-order valence-electron chi connectivity index (χ4n) is 2.53. The minimum atomic E-state index is -1.35. The Kier molecular flexibility index (Phi) is 6.80. The van der Waals surface area contributed by atoms with Gasteiger partial charge in [0, 0.05) is 18.1 Å². The first kappa shape index (κ1) is 22.1. The van der Waals surface area contributed by atoms with E-state index in [4.69, 9.17) is 16.9 Å². The molecule has 0 bridgehead atoms. The van der Waals surface area contributed by atoms with Crippen LogP contribution in [-0.4, -0.2) is 34.4 Å². The summed E-state index contributed by atoms with van der Waals surface area (Å²) in [6, 6.07) is 5.87. The number of carbonyl (C=O) groups is 1. The second-order valence-corrected chi connectivity index (χ2v) is 6.96. The van der Waals surface area contributed by atoms with E-state index in [0.29, 0.717) is 5.56 Å². The predicted octanol–water partition coefficient (Wildman–Crippen LogP) is 2.69. The number of hydrogen-bond donors (Lipinski definition) is 4. The zero-order chi connectivity index (χ0) is 21.8. The molecule has 2 rings (SSSR count). The summed E-state index contributed by atoms with van der Waals surface area (Å²) >= 11 is 0. The number of rotatable bonds is 8. The molecule has 0 aliphatic heterocycles. The Balaban J connectivity index is 2.32. The Morgan fingerprint density at radius 3 is 2.55 bits per heavy atom. The second-order valence-electron chi connectivity index (χ2n) is 6.96. The van der Waals surface area contributed by atoms with E-state index in [1.165, 1.54) is 26.0 Å². The fraction of sp³-hybridized carbons (Fsp3) is 0.286. The van der Waals surface area contributed by atoms with Gasteiger partial charge in [0.2, 0.25) is 0 Å². The smallest absolute Gasteiger partial charge is 0.254 e. The molecule has 154 valence electrons. The fourth-order valence-corrected chi connectivity index (χ4v) is 2.53. The molecule has 0 heterocycles. The third kappa shape index (κ3) is 5.67. The minimum absolute atomic E-state index is 0.0170. The van der Waals surface area contributed by atoms with Gasteiger partial charge in [-0.3, -0.25) is 4.79 Å². The molecule has 0 radical (unpaired) electrons. The molecule has 1 amide bonds. The van der Waals surface area contributed by atoms with Crippen molar-refractivity contribution in [3.63, 3.8) is 0 Å². The average Bonchev–Trinajstić information content (AvgIpc) is 2.61. The number of nitrogens with two attached hydrogens (primary N) is 1. The van der Waals surface area contributed by atoms with Gasteiger partial charge in [-0.2, -0.15) is 0 Å². The summed E-state index contributed by atoms with van der Waals surface area (Å²) in [6.07, 6.45) is 4.14. The van der Waals surface area contributed by atoms with Crippen LogP contribution in [0.25, 0.3) is 0 Å². The number of benzene rings is 2. The van der Waals surface area contributed by atoms with E-state index in [9.17, 15) is 23.8 Å². The summed E-state index contributed by atoms with van der Waals surface area (Å²) in [7, 11) is 0. The highest BCUT2D eigenvalue weighted by molar-refractivity contribution is 6.02. The number of amides is 1. The molecular formula is C21H22F2N2O4. The van der Waals surface area contributed by atoms with Gasteiger partial charge >= 0.3 is 0 Å². The molecular weight excluding hydrogens is 382 g/mol. The van der Waals surface area contributed by atoms with Crippen LogP contribution in [0.1, 0.15) is 36.2 Å².